The van der Waals surface area contributed by atoms with Gasteiger partial charge in [0, 0.05) is 5.56 Å². The van der Waals surface area contributed by atoms with E-state index in [2.05, 4.69) is 10.5 Å². The van der Waals surface area contributed by atoms with Gasteiger partial charge in [-0.05, 0) is 48.9 Å². The first-order valence-corrected chi connectivity index (χ1v) is 6.99. The van der Waals surface area contributed by atoms with Gasteiger partial charge in [-0.1, -0.05) is 12.1 Å². The lowest BCUT2D eigenvalue weighted by molar-refractivity contribution is 0.0696. The topological polar surface area (TPSA) is 88.0 Å². The van der Waals surface area contributed by atoms with Gasteiger partial charge in [-0.3, -0.25) is 4.79 Å². The number of carboxylic acids is 1. The Bertz CT molecular complexity index is 706. The van der Waals surface area contributed by atoms with Crippen molar-refractivity contribution in [2.75, 3.05) is 6.61 Å². The van der Waals surface area contributed by atoms with Crippen molar-refractivity contribution >= 4 is 18.1 Å². The number of hydrogen-bond acceptors (Lipinski definition) is 4. The predicted octanol–water partition coefficient (Wildman–Crippen LogP) is 2.55. The van der Waals surface area contributed by atoms with Crippen LogP contribution in [0, 0.1) is 0 Å². The van der Waals surface area contributed by atoms with Crippen LogP contribution in [0.5, 0.6) is 5.75 Å². The molecule has 118 valence electrons. The summed E-state index contributed by atoms with van der Waals surface area (Å²) in [5.41, 5.74) is 3.75. The summed E-state index contributed by atoms with van der Waals surface area (Å²) in [7, 11) is 0. The van der Waals surface area contributed by atoms with Crippen molar-refractivity contribution in [3.63, 3.8) is 0 Å². The summed E-state index contributed by atoms with van der Waals surface area (Å²) in [5, 5.41) is 12.7. The van der Waals surface area contributed by atoms with E-state index in [-0.39, 0.29) is 11.5 Å². The highest BCUT2D eigenvalue weighted by molar-refractivity contribution is 5.95. The van der Waals surface area contributed by atoms with Crippen molar-refractivity contribution in [3.8, 4) is 5.75 Å². The number of carbonyl (C=O) groups excluding carboxylic acids is 1. The van der Waals surface area contributed by atoms with Crippen LogP contribution in [-0.4, -0.2) is 29.8 Å². The lowest BCUT2D eigenvalue weighted by Crippen LogP contribution is -2.17. The van der Waals surface area contributed by atoms with Gasteiger partial charge in [0.2, 0.25) is 0 Å². The molecule has 0 aromatic heterocycles. The fourth-order valence-electron chi connectivity index (χ4n) is 1.81. The number of hydrazone groups is 1. The molecule has 23 heavy (non-hydrogen) atoms. The number of ether oxygens (including phenoxy) is 1. The number of nitrogens with zero attached hydrogens (tertiary/aromatic N) is 1. The molecule has 0 radical (unpaired) electrons. The Morgan fingerprint density at radius 1 is 1.09 bits per heavy atom. The maximum absolute atomic E-state index is 11.9. The van der Waals surface area contributed by atoms with E-state index in [4.69, 9.17) is 9.84 Å². The lowest BCUT2D eigenvalue weighted by Gasteiger charge is -2.04. The molecule has 0 unspecified atom stereocenters. The van der Waals surface area contributed by atoms with Gasteiger partial charge in [-0.25, -0.2) is 10.2 Å². The molecule has 2 aromatic rings. The average molecular weight is 312 g/mol. The Labute approximate surface area is 133 Å². The normalized spacial score (nSPS) is 10.5. The van der Waals surface area contributed by atoms with Gasteiger partial charge in [0.25, 0.3) is 5.91 Å². The van der Waals surface area contributed by atoms with Gasteiger partial charge in [-0.15, -0.1) is 0 Å². The number of amides is 1. The summed E-state index contributed by atoms with van der Waals surface area (Å²) in [4.78, 5) is 22.6. The SMILES string of the molecule is CCOc1ccc(C(=O)NN=Cc2ccc(C(=O)O)cc2)cc1. The molecule has 0 aliphatic carbocycles. The van der Waals surface area contributed by atoms with Gasteiger partial charge < -0.3 is 9.84 Å². The predicted molar refractivity (Wildman–Crippen MR) is 86.1 cm³/mol. The van der Waals surface area contributed by atoms with E-state index in [1.807, 2.05) is 6.92 Å². The number of rotatable bonds is 6. The Morgan fingerprint density at radius 3 is 2.26 bits per heavy atom. The van der Waals surface area contributed by atoms with E-state index in [0.29, 0.717) is 23.5 Å². The van der Waals surface area contributed by atoms with Crippen LogP contribution >= 0.6 is 0 Å². The van der Waals surface area contributed by atoms with Gasteiger partial charge >= 0.3 is 5.97 Å². The van der Waals surface area contributed by atoms with Crippen LogP contribution in [0.25, 0.3) is 0 Å². The van der Waals surface area contributed by atoms with E-state index in [0.717, 1.165) is 0 Å². The lowest BCUT2D eigenvalue weighted by atomic mass is 10.1. The number of benzene rings is 2. The van der Waals surface area contributed by atoms with Gasteiger partial charge in [0.15, 0.2) is 0 Å². The molecular weight excluding hydrogens is 296 g/mol. The number of nitrogens with one attached hydrogen (secondary N) is 1. The van der Waals surface area contributed by atoms with Crippen molar-refractivity contribution in [2.45, 2.75) is 6.92 Å². The maximum atomic E-state index is 11.9. The Kier molecular flexibility index (Phi) is 5.46. The second-order valence-electron chi connectivity index (χ2n) is 4.58. The highest BCUT2D eigenvalue weighted by atomic mass is 16.5. The van der Waals surface area contributed by atoms with Crippen LogP contribution in [0.1, 0.15) is 33.2 Å². The highest BCUT2D eigenvalue weighted by Crippen LogP contribution is 2.11. The molecule has 0 aliphatic heterocycles. The minimum absolute atomic E-state index is 0.195. The summed E-state index contributed by atoms with van der Waals surface area (Å²) in [5.74, 6) is -0.630. The van der Waals surface area contributed by atoms with E-state index in [1.54, 1.807) is 36.4 Å². The molecule has 2 aromatic carbocycles. The molecule has 0 bridgehead atoms. The second-order valence-corrected chi connectivity index (χ2v) is 4.58. The summed E-state index contributed by atoms with van der Waals surface area (Å²) in [6, 6.07) is 12.9. The second kappa shape index (κ2) is 7.74. The first-order chi connectivity index (χ1) is 11.1. The summed E-state index contributed by atoms with van der Waals surface area (Å²) in [6.07, 6.45) is 1.44. The zero-order valence-electron chi connectivity index (χ0n) is 12.5. The molecule has 0 heterocycles. The monoisotopic (exact) mass is 312 g/mol. The van der Waals surface area contributed by atoms with Crippen LogP contribution in [-0.2, 0) is 0 Å². The van der Waals surface area contributed by atoms with Crippen molar-refractivity contribution in [1.82, 2.24) is 5.43 Å². The zero-order valence-corrected chi connectivity index (χ0v) is 12.5. The number of carboxylic acid groups (broad SMARTS) is 1. The maximum Gasteiger partial charge on any atom is 0.335 e. The minimum atomic E-state index is -0.989. The fourth-order valence-corrected chi connectivity index (χ4v) is 1.81. The Morgan fingerprint density at radius 2 is 1.70 bits per heavy atom. The molecule has 2 rings (SSSR count). The van der Waals surface area contributed by atoms with E-state index < -0.39 is 5.97 Å². The number of hydrogen-bond donors (Lipinski definition) is 2. The smallest absolute Gasteiger partial charge is 0.335 e. The van der Waals surface area contributed by atoms with E-state index in [1.165, 1.54) is 18.3 Å². The molecular formula is C17H16N2O4. The van der Waals surface area contributed by atoms with E-state index in [9.17, 15) is 9.59 Å². The molecule has 0 aliphatic rings. The van der Waals surface area contributed by atoms with Gasteiger partial charge in [0.1, 0.15) is 5.75 Å². The molecule has 0 saturated heterocycles. The Hall–Kier alpha value is -3.15. The van der Waals surface area contributed by atoms with Crippen molar-refractivity contribution in [1.29, 1.82) is 0 Å². The molecule has 6 nitrogen and oxygen atoms in total. The molecule has 0 saturated carbocycles. The van der Waals surface area contributed by atoms with Crippen molar-refractivity contribution in [3.05, 3.63) is 65.2 Å². The van der Waals surface area contributed by atoms with Crippen LogP contribution in [0.3, 0.4) is 0 Å². The van der Waals surface area contributed by atoms with Gasteiger partial charge in [0.05, 0.1) is 18.4 Å². The molecule has 0 fully saturated rings. The standard InChI is InChI=1S/C17H16N2O4/c1-2-23-15-9-7-13(8-10-15)16(20)19-18-11-12-3-5-14(6-4-12)17(21)22/h3-11H,2H2,1H3,(H,19,20)(H,21,22). The number of carbonyl (C=O) groups is 2. The summed E-state index contributed by atoms with van der Waals surface area (Å²) >= 11 is 0. The van der Waals surface area contributed by atoms with Crippen LogP contribution in [0.15, 0.2) is 53.6 Å². The molecule has 0 spiro atoms. The molecule has 6 heteroatoms. The fraction of sp³-hybridized carbons (Fsp3) is 0.118. The van der Waals surface area contributed by atoms with Crippen molar-refractivity contribution in [2.24, 2.45) is 5.10 Å². The third-order valence-corrected chi connectivity index (χ3v) is 2.96. The number of aromatic carboxylic acids is 1. The average Bonchev–Trinajstić information content (AvgIpc) is 2.56. The quantitative estimate of drug-likeness (QED) is 0.634. The first kappa shape index (κ1) is 16.2. The minimum Gasteiger partial charge on any atom is -0.494 e. The highest BCUT2D eigenvalue weighted by Gasteiger charge is 2.04. The summed E-state index contributed by atoms with van der Waals surface area (Å²) < 4.78 is 5.30. The van der Waals surface area contributed by atoms with Crippen molar-refractivity contribution < 1.29 is 19.4 Å². The molecule has 2 N–H and O–H groups in total. The third-order valence-electron chi connectivity index (χ3n) is 2.96. The Balaban J connectivity index is 1.93. The molecule has 0 atom stereocenters. The largest absolute Gasteiger partial charge is 0.494 e. The van der Waals surface area contributed by atoms with Crippen LogP contribution in [0.4, 0.5) is 0 Å². The van der Waals surface area contributed by atoms with Gasteiger partial charge in [-0.2, -0.15) is 5.10 Å². The zero-order chi connectivity index (χ0) is 16.7. The van der Waals surface area contributed by atoms with Crippen LogP contribution in [0.2, 0.25) is 0 Å². The summed E-state index contributed by atoms with van der Waals surface area (Å²) in [6.45, 7) is 2.45. The third kappa shape index (κ3) is 4.67. The van der Waals surface area contributed by atoms with Crippen LogP contribution < -0.4 is 10.2 Å². The first-order valence-electron chi connectivity index (χ1n) is 6.99. The molecule has 1 amide bonds. The van der Waals surface area contributed by atoms with E-state index >= 15 is 0 Å².